The van der Waals surface area contributed by atoms with E-state index in [0.717, 1.165) is 19.0 Å². The summed E-state index contributed by atoms with van der Waals surface area (Å²) < 4.78 is 0. The van der Waals surface area contributed by atoms with Gasteiger partial charge in [0.2, 0.25) is 0 Å². The predicted octanol–water partition coefficient (Wildman–Crippen LogP) is 1.05. The molecule has 0 aliphatic carbocycles. The first-order valence-corrected chi connectivity index (χ1v) is 4.46. The molecule has 11 heavy (non-hydrogen) atoms. The molecule has 1 heterocycles. The normalized spacial score (nSPS) is 22.9. The molecule has 1 rings (SSSR count). The molecule has 0 aromatic carbocycles. The third-order valence-corrected chi connectivity index (χ3v) is 2.09. The molecule has 0 saturated carbocycles. The number of hydrogen-bond acceptors (Lipinski definition) is 2. The van der Waals surface area contributed by atoms with E-state index in [-0.39, 0.29) is 0 Å². The van der Waals surface area contributed by atoms with Gasteiger partial charge in [0.15, 0.2) is 0 Å². The van der Waals surface area contributed by atoms with E-state index in [1.807, 2.05) is 0 Å². The predicted molar refractivity (Wildman–Crippen MR) is 48.2 cm³/mol. The van der Waals surface area contributed by atoms with Crippen LogP contribution in [-0.4, -0.2) is 42.5 Å². The lowest BCUT2D eigenvalue weighted by Gasteiger charge is -2.33. The maximum atomic E-state index is 3.92. The van der Waals surface area contributed by atoms with Crippen molar-refractivity contribution in [2.75, 3.05) is 32.7 Å². The second kappa shape index (κ2) is 4.07. The van der Waals surface area contributed by atoms with Crippen LogP contribution >= 0.6 is 0 Å². The zero-order chi connectivity index (χ0) is 8.27. The van der Waals surface area contributed by atoms with Gasteiger partial charge in [-0.1, -0.05) is 13.8 Å². The van der Waals surface area contributed by atoms with Crippen molar-refractivity contribution >= 4 is 0 Å². The fourth-order valence-corrected chi connectivity index (χ4v) is 1.49. The first-order valence-electron chi connectivity index (χ1n) is 4.46. The molecule has 2 heteroatoms. The van der Waals surface area contributed by atoms with Gasteiger partial charge in [-0.05, 0) is 5.92 Å². The van der Waals surface area contributed by atoms with E-state index < -0.39 is 0 Å². The molecule has 0 N–H and O–H groups in total. The molecule has 2 nitrogen and oxygen atoms in total. The van der Waals surface area contributed by atoms with Gasteiger partial charge >= 0.3 is 0 Å². The molecule has 1 aliphatic heterocycles. The molecular formula is C9H19N2. The average Bonchev–Trinajstić information content (AvgIpc) is 1.93. The van der Waals surface area contributed by atoms with Crippen LogP contribution in [0.2, 0.25) is 0 Å². The summed E-state index contributed by atoms with van der Waals surface area (Å²) in [4.78, 5) is 4.67. The largest absolute Gasteiger partial charge is 0.301 e. The monoisotopic (exact) mass is 155 g/mol. The summed E-state index contributed by atoms with van der Waals surface area (Å²) in [7, 11) is 3.92. The molecule has 0 bridgehead atoms. The van der Waals surface area contributed by atoms with Crippen LogP contribution in [0.3, 0.4) is 0 Å². The van der Waals surface area contributed by atoms with Gasteiger partial charge in [0, 0.05) is 39.8 Å². The van der Waals surface area contributed by atoms with Crippen molar-refractivity contribution in [2.24, 2.45) is 5.92 Å². The fraction of sp³-hybridized carbons (Fsp3) is 0.889. The zero-order valence-electron chi connectivity index (χ0n) is 7.71. The molecule has 1 radical (unpaired) electrons. The Kier molecular flexibility index (Phi) is 3.34. The highest BCUT2D eigenvalue weighted by molar-refractivity contribution is 4.71. The van der Waals surface area contributed by atoms with Gasteiger partial charge in [-0.3, -0.25) is 4.90 Å². The topological polar surface area (TPSA) is 6.48 Å². The van der Waals surface area contributed by atoms with Crippen LogP contribution in [0.4, 0.5) is 0 Å². The molecule has 0 spiro atoms. The quantitative estimate of drug-likeness (QED) is 0.588. The molecule has 1 saturated heterocycles. The lowest BCUT2D eigenvalue weighted by molar-refractivity contribution is 0.153. The van der Waals surface area contributed by atoms with Crippen LogP contribution in [-0.2, 0) is 0 Å². The molecule has 1 fully saturated rings. The summed E-state index contributed by atoms with van der Waals surface area (Å²) in [6.07, 6.45) is 0. The summed E-state index contributed by atoms with van der Waals surface area (Å²) in [6, 6.07) is 0. The van der Waals surface area contributed by atoms with E-state index in [1.165, 1.54) is 19.6 Å². The van der Waals surface area contributed by atoms with Gasteiger partial charge < -0.3 is 4.90 Å². The molecule has 0 aromatic rings. The van der Waals surface area contributed by atoms with E-state index >= 15 is 0 Å². The van der Waals surface area contributed by atoms with Gasteiger partial charge in [-0.25, -0.2) is 0 Å². The van der Waals surface area contributed by atoms with Gasteiger partial charge in [0.05, 0.1) is 0 Å². The fourth-order valence-electron chi connectivity index (χ4n) is 1.49. The Morgan fingerprint density at radius 3 is 2.18 bits per heavy atom. The van der Waals surface area contributed by atoms with Gasteiger partial charge in [0.25, 0.3) is 0 Å². The molecule has 0 atom stereocenters. The lowest BCUT2D eigenvalue weighted by Crippen LogP contribution is -2.44. The number of rotatable bonds is 2. The Morgan fingerprint density at radius 2 is 1.73 bits per heavy atom. The highest BCUT2D eigenvalue weighted by Gasteiger charge is 2.13. The SMILES string of the molecule is [CH2]N1CCN(CC(C)C)CC1. The zero-order valence-corrected chi connectivity index (χ0v) is 7.71. The van der Waals surface area contributed by atoms with Crippen molar-refractivity contribution in [3.05, 3.63) is 7.05 Å². The van der Waals surface area contributed by atoms with E-state index in [4.69, 9.17) is 0 Å². The van der Waals surface area contributed by atoms with Crippen LogP contribution in [0.5, 0.6) is 0 Å². The maximum Gasteiger partial charge on any atom is 0.0110 e. The number of piperazine rings is 1. The van der Waals surface area contributed by atoms with E-state index in [0.29, 0.717) is 0 Å². The van der Waals surface area contributed by atoms with Crippen LogP contribution in [0, 0.1) is 13.0 Å². The molecule has 0 amide bonds. The lowest BCUT2D eigenvalue weighted by atomic mass is 10.2. The Balaban J connectivity index is 2.17. The van der Waals surface area contributed by atoms with Crippen molar-refractivity contribution in [2.45, 2.75) is 13.8 Å². The van der Waals surface area contributed by atoms with Crippen LogP contribution in [0.25, 0.3) is 0 Å². The highest BCUT2D eigenvalue weighted by Crippen LogP contribution is 2.03. The number of hydrogen-bond donors (Lipinski definition) is 0. The third kappa shape index (κ3) is 3.21. The smallest absolute Gasteiger partial charge is 0.0110 e. The Hall–Kier alpha value is -0.0800. The highest BCUT2D eigenvalue weighted by atomic mass is 15.2. The summed E-state index contributed by atoms with van der Waals surface area (Å²) in [6.45, 7) is 10.4. The van der Waals surface area contributed by atoms with Crippen molar-refractivity contribution in [1.29, 1.82) is 0 Å². The average molecular weight is 155 g/mol. The minimum absolute atomic E-state index is 0.798. The Bertz CT molecular complexity index is 104. The number of nitrogens with zero attached hydrogens (tertiary/aromatic N) is 2. The van der Waals surface area contributed by atoms with E-state index in [1.54, 1.807) is 0 Å². The van der Waals surface area contributed by atoms with E-state index in [9.17, 15) is 0 Å². The molecular weight excluding hydrogens is 136 g/mol. The second-order valence-electron chi connectivity index (χ2n) is 3.81. The summed E-state index contributed by atoms with van der Waals surface area (Å²) >= 11 is 0. The third-order valence-electron chi connectivity index (χ3n) is 2.09. The van der Waals surface area contributed by atoms with Gasteiger partial charge in [-0.15, -0.1) is 0 Å². The first-order chi connectivity index (χ1) is 5.18. The first kappa shape index (κ1) is 9.01. The van der Waals surface area contributed by atoms with Crippen LogP contribution < -0.4 is 0 Å². The van der Waals surface area contributed by atoms with E-state index in [2.05, 4.69) is 30.7 Å². The van der Waals surface area contributed by atoms with Crippen LogP contribution in [0.1, 0.15) is 13.8 Å². The van der Waals surface area contributed by atoms with Gasteiger partial charge in [0.1, 0.15) is 0 Å². The molecule has 0 aromatic heterocycles. The van der Waals surface area contributed by atoms with Crippen molar-refractivity contribution < 1.29 is 0 Å². The standard InChI is InChI=1S/C9H19N2/c1-9(2)8-11-6-4-10(3)5-7-11/h9H,3-8H2,1-2H3. The summed E-state index contributed by atoms with van der Waals surface area (Å²) in [5, 5.41) is 0. The molecule has 0 unspecified atom stereocenters. The minimum Gasteiger partial charge on any atom is -0.301 e. The Labute approximate surface area is 70.2 Å². The maximum absolute atomic E-state index is 3.92. The Morgan fingerprint density at radius 1 is 1.18 bits per heavy atom. The van der Waals surface area contributed by atoms with Gasteiger partial charge in [-0.2, -0.15) is 0 Å². The van der Waals surface area contributed by atoms with Crippen molar-refractivity contribution in [3.63, 3.8) is 0 Å². The molecule has 1 aliphatic rings. The van der Waals surface area contributed by atoms with Crippen LogP contribution in [0.15, 0.2) is 0 Å². The minimum atomic E-state index is 0.798. The summed E-state index contributed by atoms with van der Waals surface area (Å²) in [5.74, 6) is 0.798. The van der Waals surface area contributed by atoms with Crippen molar-refractivity contribution in [1.82, 2.24) is 9.80 Å². The second-order valence-corrected chi connectivity index (χ2v) is 3.81. The molecule has 65 valence electrons. The summed E-state index contributed by atoms with van der Waals surface area (Å²) in [5.41, 5.74) is 0. The van der Waals surface area contributed by atoms with Crippen molar-refractivity contribution in [3.8, 4) is 0 Å².